The molecule has 1 saturated heterocycles. The van der Waals surface area contributed by atoms with E-state index in [4.69, 9.17) is 30.8 Å². The predicted octanol–water partition coefficient (Wildman–Crippen LogP) is 5.24. The number of amidine groups is 1. The van der Waals surface area contributed by atoms with Crippen molar-refractivity contribution in [2.45, 2.75) is 18.2 Å². The molecule has 0 aliphatic carbocycles. The lowest BCUT2D eigenvalue weighted by Gasteiger charge is -2.32. The van der Waals surface area contributed by atoms with Gasteiger partial charge in [0.1, 0.15) is 11.0 Å². The fourth-order valence-electron chi connectivity index (χ4n) is 3.77. The van der Waals surface area contributed by atoms with Crippen molar-refractivity contribution >= 4 is 51.7 Å². The second-order valence-corrected chi connectivity index (χ2v) is 9.68. The first-order valence-electron chi connectivity index (χ1n) is 11.1. The summed E-state index contributed by atoms with van der Waals surface area (Å²) in [7, 11) is 1.59. The molecule has 1 unspecified atom stereocenters. The Morgan fingerprint density at radius 2 is 1.94 bits per heavy atom. The number of methoxy groups -OCH3 is 1. The molecule has 184 valence electrons. The molecule has 1 N–H and O–H groups in total. The van der Waals surface area contributed by atoms with Gasteiger partial charge in [-0.1, -0.05) is 35.5 Å². The van der Waals surface area contributed by atoms with Gasteiger partial charge in [-0.2, -0.15) is 0 Å². The van der Waals surface area contributed by atoms with E-state index in [9.17, 15) is 9.59 Å². The zero-order chi connectivity index (χ0) is 25.1. The van der Waals surface area contributed by atoms with Crippen molar-refractivity contribution in [1.29, 1.82) is 0 Å². The van der Waals surface area contributed by atoms with E-state index in [1.807, 2.05) is 18.2 Å². The highest BCUT2D eigenvalue weighted by Gasteiger charge is 2.36. The molecule has 36 heavy (non-hydrogen) atoms. The molecule has 3 aromatic carbocycles. The number of aliphatic imine (C=N–C) groups is 1. The Morgan fingerprint density at radius 1 is 1.14 bits per heavy atom. The summed E-state index contributed by atoms with van der Waals surface area (Å²) in [5, 5.41) is 3.14. The summed E-state index contributed by atoms with van der Waals surface area (Å²) in [4.78, 5) is 32.7. The van der Waals surface area contributed by atoms with Crippen LogP contribution < -0.4 is 19.5 Å². The number of benzene rings is 3. The van der Waals surface area contributed by atoms with E-state index in [1.165, 1.54) is 11.8 Å². The van der Waals surface area contributed by atoms with Crippen molar-refractivity contribution in [2.75, 3.05) is 19.2 Å². The van der Waals surface area contributed by atoms with Gasteiger partial charge in [-0.25, -0.2) is 4.99 Å². The second-order valence-electron chi connectivity index (χ2n) is 8.07. The third-order valence-corrected chi connectivity index (χ3v) is 7.02. The van der Waals surface area contributed by atoms with Gasteiger partial charge >= 0.3 is 0 Å². The maximum Gasteiger partial charge on any atom is 0.238 e. The van der Waals surface area contributed by atoms with Crippen LogP contribution in [-0.2, 0) is 16.1 Å². The Kier molecular flexibility index (Phi) is 7.02. The number of fused-ring (bicyclic) bond motifs is 1. The van der Waals surface area contributed by atoms with Crippen molar-refractivity contribution in [3.8, 4) is 17.2 Å². The quantitative estimate of drug-likeness (QED) is 0.475. The Labute approximate surface area is 217 Å². The van der Waals surface area contributed by atoms with Crippen LogP contribution in [0.5, 0.6) is 17.2 Å². The van der Waals surface area contributed by atoms with Gasteiger partial charge in [0.2, 0.25) is 18.6 Å². The van der Waals surface area contributed by atoms with Gasteiger partial charge in [0.15, 0.2) is 16.7 Å². The van der Waals surface area contributed by atoms with Gasteiger partial charge in [0.05, 0.1) is 19.3 Å². The number of hydrogen-bond donors (Lipinski definition) is 1. The summed E-state index contributed by atoms with van der Waals surface area (Å²) in [5.74, 6) is 1.51. The molecule has 1 fully saturated rings. The Hall–Kier alpha value is -3.69. The van der Waals surface area contributed by atoms with Crippen LogP contribution in [0.1, 0.15) is 12.0 Å². The fraction of sp³-hybridized carbons (Fsp3) is 0.192. The first-order chi connectivity index (χ1) is 17.5. The highest BCUT2D eigenvalue weighted by molar-refractivity contribution is 8.15. The number of rotatable bonds is 6. The SMILES string of the molecule is COc1ccc(N=C2SC(C(=O)Nc3cccc(Cl)c3)CC(=O)N2Cc2ccc3c(c2)OCO3)cc1. The smallest absolute Gasteiger partial charge is 0.238 e. The Morgan fingerprint density at radius 3 is 2.72 bits per heavy atom. The zero-order valence-corrected chi connectivity index (χ0v) is 20.8. The lowest BCUT2D eigenvalue weighted by atomic mass is 10.1. The fourth-order valence-corrected chi connectivity index (χ4v) is 5.06. The Bertz CT molecular complexity index is 1330. The van der Waals surface area contributed by atoms with Crippen LogP contribution in [0, 0.1) is 0 Å². The number of nitrogens with zero attached hydrogens (tertiary/aromatic N) is 2. The molecule has 1 atom stereocenters. The summed E-state index contributed by atoms with van der Waals surface area (Å²) in [6, 6.07) is 19.6. The number of nitrogens with one attached hydrogen (secondary N) is 1. The van der Waals surface area contributed by atoms with Gasteiger partial charge in [-0.05, 0) is 60.2 Å². The number of thioether (sulfide) groups is 1. The largest absolute Gasteiger partial charge is 0.497 e. The van der Waals surface area contributed by atoms with Gasteiger partial charge in [0.25, 0.3) is 0 Å². The Balaban J connectivity index is 1.41. The lowest BCUT2D eigenvalue weighted by Crippen LogP contribution is -2.44. The average Bonchev–Trinajstić information content (AvgIpc) is 3.34. The van der Waals surface area contributed by atoms with E-state index >= 15 is 0 Å². The maximum atomic E-state index is 13.3. The van der Waals surface area contributed by atoms with Gasteiger partial charge in [0, 0.05) is 17.1 Å². The minimum atomic E-state index is -0.651. The summed E-state index contributed by atoms with van der Waals surface area (Å²) >= 11 is 7.29. The third-order valence-electron chi connectivity index (χ3n) is 5.60. The third kappa shape index (κ3) is 5.42. The molecular formula is C26H22ClN3O5S. The predicted molar refractivity (Wildman–Crippen MR) is 139 cm³/mol. The normalized spacial score (nSPS) is 17.8. The van der Waals surface area contributed by atoms with E-state index in [2.05, 4.69) is 5.32 Å². The van der Waals surface area contributed by atoms with Crippen molar-refractivity contribution in [3.05, 3.63) is 77.3 Å². The van der Waals surface area contributed by atoms with Crippen LogP contribution in [-0.4, -0.2) is 41.0 Å². The van der Waals surface area contributed by atoms with Crippen LogP contribution in [0.15, 0.2) is 71.7 Å². The number of amides is 2. The number of carbonyl (C=O) groups is 2. The van der Waals surface area contributed by atoms with E-state index < -0.39 is 5.25 Å². The minimum absolute atomic E-state index is 0.0310. The lowest BCUT2D eigenvalue weighted by molar-refractivity contribution is -0.129. The number of anilines is 1. The van der Waals surface area contributed by atoms with E-state index in [1.54, 1.807) is 60.5 Å². The molecule has 0 spiro atoms. The molecule has 2 aliphatic rings. The summed E-state index contributed by atoms with van der Waals surface area (Å²) in [6.07, 6.45) is 0.0310. The van der Waals surface area contributed by atoms with Crippen LogP contribution in [0.2, 0.25) is 5.02 Å². The summed E-state index contributed by atoms with van der Waals surface area (Å²) in [6.45, 7) is 0.449. The van der Waals surface area contributed by atoms with Crippen LogP contribution in [0.25, 0.3) is 0 Å². The highest BCUT2D eigenvalue weighted by atomic mass is 35.5. The number of hydrogen-bond acceptors (Lipinski definition) is 7. The molecule has 3 aromatic rings. The van der Waals surface area contributed by atoms with Crippen LogP contribution in [0.3, 0.4) is 0 Å². The topological polar surface area (TPSA) is 89.5 Å². The molecule has 8 nitrogen and oxygen atoms in total. The van der Waals surface area contributed by atoms with Crippen LogP contribution in [0.4, 0.5) is 11.4 Å². The van der Waals surface area contributed by atoms with Crippen molar-refractivity contribution in [3.63, 3.8) is 0 Å². The van der Waals surface area contributed by atoms with E-state index in [0.717, 1.165) is 5.56 Å². The molecule has 0 aromatic heterocycles. The van der Waals surface area contributed by atoms with Gasteiger partial charge < -0.3 is 19.5 Å². The van der Waals surface area contributed by atoms with E-state index in [0.29, 0.717) is 38.8 Å². The van der Waals surface area contributed by atoms with E-state index in [-0.39, 0.29) is 31.6 Å². The second kappa shape index (κ2) is 10.5. The molecule has 0 saturated carbocycles. The van der Waals surface area contributed by atoms with Crippen molar-refractivity contribution in [1.82, 2.24) is 4.90 Å². The number of ether oxygens (including phenoxy) is 3. The zero-order valence-electron chi connectivity index (χ0n) is 19.3. The molecule has 5 rings (SSSR count). The summed E-state index contributed by atoms with van der Waals surface area (Å²) < 4.78 is 16.1. The van der Waals surface area contributed by atoms with Gasteiger partial charge in [-0.15, -0.1) is 0 Å². The van der Waals surface area contributed by atoms with Crippen molar-refractivity contribution in [2.24, 2.45) is 4.99 Å². The van der Waals surface area contributed by atoms with Gasteiger partial charge in [-0.3, -0.25) is 14.5 Å². The molecule has 2 heterocycles. The monoisotopic (exact) mass is 523 g/mol. The molecule has 0 bridgehead atoms. The minimum Gasteiger partial charge on any atom is -0.497 e. The molecule has 2 amide bonds. The van der Waals surface area contributed by atoms with Crippen molar-refractivity contribution < 1.29 is 23.8 Å². The first-order valence-corrected chi connectivity index (χ1v) is 12.4. The molecule has 0 radical (unpaired) electrons. The first kappa shape index (κ1) is 24.0. The molecule has 2 aliphatic heterocycles. The van der Waals surface area contributed by atoms with Crippen LogP contribution >= 0.6 is 23.4 Å². The highest BCUT2D eigenvalue weighted by Crippen LogP contribution is 2.35. The number of carbonyl (C=O) groups excluding carboxylic acids is 2. The standard InChI is InChI=1S/C26H22ClN3O5S/c1-33-20-8-6-18(7-9-20)29-26-30(14-16-5-10-21-22(11-16)35-15-34-21)24(31)13-23(36-26)25(32)28-19-4-2-3-17(27)12-19/h2-12,23H,13-15H2,1H3,(H,28,32). The average molecular weight is 524 g/mol. The summed E-state index contributed by atoms with van der Waals surface area (Å²) in [5.41, 5.74) is 2.06. The maximum absolute atomic E-state index is 13.3. The molecular weight excluding hydrogens is 502 g/mol. The number of halogens is 1. The molecule has 10 heteroatoms.